The molecule has 1 aliphatic carbocycles. The van der Waals surface area contributed by atoms with E-state index in [0.29, 0.717) is 6.61 Å². The molecule has 1 aromatic rings. The Balaban J connectivity index is 2.06. The van der Waals surface area contributed by atoms with E-state index in [1.807, 2.05) is 6.07 Å². The summed E-state index contributed by atoms with van der Waals surface area (Å²) in [7, 11) is 1.67. The van der Waals surface area contributed by atoms with Crippen molar-refractivity contribution in [1.82, 2.24) is 5.32 Å². The molecular formula is C16H22BrNO2. The number of fused-ring (bicyclic) bond motifs is 1. The van der Waals surface area contributed by atoms with Gasteiger partial charge in [-0.3, -0.25) is 4.79 Å². The lowest BCUT2D eigenvalue weighted by atomic mass is 9.82. The molecule has 4 heteroatoms. The van der Waals surface area contributed by atoms with E-state index in [9.17, 15) is 4.79 Å². The van der Waals surface area contributed by atoms with E-state index in [2.05, 4.69) is 39.4 Å². The second-order valence-corrected chi connectivity index (χ2v) is 6.08. The number of carbonyl (C=O) groups excluding carboxylic acids is 1. The van der Waals surface area contributed by atoms with Gasteiger partial charge in [0.1, 0.15) is 0 Å². The molecule has 1 aromatic carbocycles. The molecule has 0 aromatic heterocycles. The van der Waals surface area contributed by atoms with Crippen molar-refractivity contribution in [3.63, 3.8) is 0 Å². The number of carbonyl (C=O) groups is 1. The second-order valence-electron chi connectivity index (χ2n) is 5.28. The molecule has 0 bridgehead atoms. The van der Waals surface area contributed by atoms with Crippen molar-refractivity contribution >= 4 is 21.8 Å². The lowest BCUT2D eigenvalue weighted by Crippen LogP contribution is -2.41. The number of methoxy groups -OCH3 is 1. The first-order chi connectivity index (χ1) is 9.76. The Kier molecular flexibility index (Phi) is 6.05. The first kappa shape index (κ1) is 15.5. The van der Waals surface area contributed by atoms with Gasteiger partial charge in [-0.05, 0) is 36.8 Å². The summed E-state index contributed by atoms with van der Waals surface area (Å²) in [4.78, 5) is 12.5. The van der Waals surface area contributed by atoms with Gasteiger partial charge in [-0.1, -0.05) is 40.2 Å². The number of benzene rings is 1. The van der Waals surface area contributed by atoms with Gasteiger partial charge in [0.2, 0.25) is 5.91 Å². The van der Waals surface area contributed by atoms with Crippen LogP contribution in [0.5, 0.6) is 0 Å². The molecule has 0 fully saturated rings. The average molecular weight is 340 g/mol. The Morgan fingerprint density at radius 3 is 3.05 bits per heavy atom. The zero-order chi connectivity index (χ0) is 14.4. The number of aryl methyl sites for hydroxylation is 1. The summed E-state index contributed by atoms with van der Waals surface area (Å²) in [6.45, 7) is 0.561. The third kappa shape index (κ3) is 3.83. The minimum Gasteiger partial charge on any atom is -0.383 e. The van der Waals surface area contributed by atoms with Gasteiger partial charge < -0.3 is 10.1 Å². The van der Waals surface area contributed by atoms with Crippen LogP contribution in [0, 0.1) is 0 Å². The number of hydrogen-bond donors (Lipinski definition) is 1. The summed E-state index contributed by atoms with van der Waals surface area (Å²) < 4.78 is 5.18. The fraction of sp³-hybridized carbons (Fsp3) is 0.562. The van der Waals surface area contributed by atoms with Gasteiger partial charge in [0.25, 0.3) is 0 Å². The molecule has 2 atom stereocenters. The van der Waals surface area contributed by atoms with Gasteiger partial charge in [-0.15, -0.1) is 0 Å². The lowest BCUT2D eigenvalue weighted by Gasteiger charge is -2.27. The van der Waals surface area contributed by atoms with Gasteiger partial charge in [0, 0.05) is 12.4 Å². The predicted molar refractivity (Wildman–Crippen MR) is 84.3 cm³/mol. The van der Waals surface area contributed by atoms with Gasteiger partial charge in [-0.25, -0.2) is 0 Å². The third-order valence-electron chi connectivity index (χ3n) is 3.86. The van der Waals surface area contributed by atoms with E-state index in [1.54, 1.807) is 7.11 Å². The summed E-state index contributed by atoms with van der Waals surface area (Å²) in [5.74, 6) is 0.134. The molecule has 1 amide bonds. The summed E-state index contributed by atoms with van der Waals surface area (Å²) in [6.07, 6.45) is 4.00. The smallest absolute Gasteiger partial charge is 0.227 e. The Morgan fingerprint density at radius 2 is 2.30 bits per heavy atom. The van der Waals surface area contributed by atoms with Gasteiger partial charge in [-0.2, -0.15) is 0 Å². The number of halogens is 1. The Morgan fingerprint density at radius 1 is 1.50 bits per heavy atom. The van der Waals surface area contributed by atoms with Crippen LogP contribution in [0.1, 0.15) is 36.3 Å². The number of hydrogen-bond acceptors (Lipinski definition) is 2. The monoisotopic (exact) mass is 339 g/mol. The molecule has 110 valence electrons. The zero-order valence-corrected chi connectivity index (χ0v) is 13.5. The highest BCUT2D eigenvalue weighted by atomic mass is 79.9. The first-order valence-electron chi connectivity index (χ1n) is 7.19. The molecule has 0 heterocycles. The topological polar surface area (TPSA) is 38.3 Å². The third-order valence-corrected chi connectivity index (χ3v) is 4.32. The van der Waals surface area contributed by atoms with E-state index in [4.69, 9.17) is 4.74 Å². The number of alkyl halides is 1. The molecule has 3 nitrogen and oxygen atoms in total. The van der Waals surface area contributed by atoms with Crippen LogP contribution in [0.4, 0.5) is 0 Å². The first-order valence-corrected chi connectivity index (χ1v) is 8.31. The second kappa shape index (κ2) is 7.79. The lowest BCUT2D eigenvalue weighted by molar-refractivity contribution is -0.124. The van der Waals surface area contributed by atoms with E-state index in [1.165, 1.54) is 11.1 Å². The molecule has 0 radical (unpaired) electrons. The van der Waals surface area contributed by atoms with Gasteiger partial charge in [0.15, 0.2) is 0 Å². The molecule has 1 aliphatic rings. The normalized spacial score (nSPS) is 19.2. The van der Waals surface area contributed by atoms with Crippen molar-refractivity contribution in [2.45, 2.75) is 37.6 Å². The van der Waals surface area contributed by atoms with Crippen molar-refractivity contribution in [3.05, 3.63) is 35.4 Å². The molecule has 2 unspecified atom stereocenters. The highest BCUT2D eigenvalue weighted by Crippen LogP contribution is 2.31. The quantitative estimate of drug-likeness (QED) is 0.809. The SMILES string of the molecule is COCC(CCBr)NC(=O)C1CCCc2ccccc21. The number of nitrogens with one attached hydrogen (secondary N) is 1. The zero-order valence-electron chi connectivity index (χ0n) is 11.9. The summed E-state index contributed by atoms with van der Waals surface area (Å²) >= 11 is 3.42. The van der Waals surface area contributed by atoms with Crippen LogP contribution in [0.3, 0.4) is 0 Å². The van der Waals surface area contributed by atoms with Gasteiger partial charge >= 0.3 is 0 Å². The van der Waals surface area contributed by atoms with Crippen molar-refractivity contribution < 1.29 is 9.53 Å². The van der Waals surface area contributed by atoms with E-state index < -0.39 is 0 Å². The molecule has 20 heavy (non-hydrogen) atoms. The molecule has 0 saturated carbocycles. The predicted octanol–water partition coefficient (Wildman–Crippen LogP) is 3.02. The van der Waals surface area contributed by atoms with Crippen LogP contribution in [0.15, 0.2) is 24.3 Å². The largest absolute Gasteiger partial charge is 0.383 e. The molecule has 0 aliphatic heterocycles. The standard InChI is InChI=1S/C16H22BrNO2/c1-20-11-13(9-10-17)18-16(19)15-8-4-6-12-5-2-3-7-14(12)15/h2-3,5,7,13,15H,4,6,8-11H2,1H3,(H,18,19). The minimum absolute atomic E-state index is 0.00497. The summed E-state index contributed by atoms with van der Waals surface area (Å²) in [5.41, 5.74) is 2.52. The number of rotatable bonds is 6. The highest BCUT2D eigenvalue weighted by Gasteiger charge is 2.27. The average Bonchev–Trinajstić information content (AvgIpc) is 2.47. The Bertz CT molecular complexity index is 444. The van der Waals surface area contributed by atoms with Crippen molar-refractivity contribution in [3.8, 4) is 0 Å². The molecule has 1 N–H and O–H groups in total. The summed E-state index contributed by atoms with van der Waals surface area (Å²) in [5, 5.41) is 4.00. The van der Waals surface area contributed by atoms with Crippen molar-refractivity contribution in [1.29, 1.82) is 0 Å². The molecule has 0 saturated heterocycles. The van der Waals surface area contributed by atoms with Crippen molar-refractivity contribution in [2.75, 3.05) is 19.0 Å². The maximum absolute atomic E-state index is 12.5. The fourth-order valence-electron chi connectivity index (χ4n) is 2.86. The van der Waals surface area contributed by atoms with E-state index >= 15 is 0 Å². The van der Waals surface area contributed by atoms with Crippen LogP contribution in [-0.4, -0.2) is 31.0 Å². The van der Waals surface area contributed by atoms with Crippen LogP contribution < -0.4 is 5.32 Å². The number of ether oxygens (including phenoxy) is 1. The van der Waals surface area contributed by atoms with Crippen LogP contribution in [0.25, 0.3) is 0 Å². The number of amides is 1. The minimum atomic E-state index is -0.00497. The molecule has 0 spiro atoms. The summed E-state index contributed by atoms with van der Waals surface area (Å²) in [6, 6.07) is 8.39. The highest BCUT2D eigenvalue weighted by molar-refractivity contribution is 9.09. The molecule has 2 rings (SSSR count). The maximum atomic E-state index is 12.5. The van der Waals surface area contributed by atoms with Crippen LogP contribution >= 0.6 is 15.9 Å². The van der Waals surface area contributed by atoms with E-state index in [-0.39, 0.29) is 17.9 Å². The van der Waals surface area contributed by atoms with Crippen LogP contribution in [-0.2, 0) is 16.0 Å². The Hall–Kier alpha value is -0.870. The van der Waals surface area contributed by atoms with Gasteiger partial charge in [0.05, 0.1) is 18.6 Å². The maximum Gasteiger partial charge on any atom is 0.227 e. The van der Waals surface area contributed by atoms with Crippen LogP contribution in [0.2, 0.25) is 0 Å². The fourth-order valence-corrected chi connectivity index (χ4v) is 3.41. The van der Waals surface area contributed by atoms with E-state index in [0.717, 1.165) is 31.0 Å². The Labute approximate surface area is 129 Å². The van der Waals surface area contributed by atoms with Crippen molar-refractivity contribution in [2.24, 2.45) is 0 Å². The molecular weight excluding hydrogens is 318 g/mol.